The molecule has 17 heavy (non-hydrogen) atoms. The van der Waals surface area contributed by atoms with Crippen LogP contribution in [0.4, 0.5) is 0 Å². The fourth-order valence-corrected chi connectivity index (χ4v) is 2.24. The first-order chi connectivity index (χ1) is 7.72. The molecule has 0 radical (unpaired) electrons. The maximum absolute atomic E-state index is 2.27. The molecular formula is C17H18. The molecule has 3 rings (SSSR count). The second-order valence-corrected chi connectivity index (χ2v) is 4.55. The van der Waals surface area contributed by atoms with Gasteiger partial charge in [-0.05, 0) is 47.5 Å². The maximum Gasteiger partial charge on any atom is -0.0175 e. The summed E-state index contributed by atoms with van der Waals surface area (Å²) < 4.78 is 0. The Morgan fingerprint density at radius 2 is 0.941 bits per heavy atom. The van der Waals surface area contributed by atoms with Gasteiger partial charge in [-0.25, -0.2) is 0 Å². The normalized spacial score (nSPS) is 10.5. The summed E-state index contributed by atoms with van der Waals surface area (Å²) in [6, 6.07) is 17.8. The minimum atomic E-state index is 0. The van der Waals surface area contributed by atoms with Crippen LogP contribution < -0.4 is 0 Å². The number of fused-ring (bicyclic) bond motifs is 2. The van der Waals surface area contributed by atoms with Crippen LogP contribution in [-0.4, -0.2) is 0 Å². The third kappa shape index (κ3) is 2.03. The molecule has 0 aromatic heterocycles. The predicted octanol–water partition coefficient (Wildman–Crippen LogP) is 5.25. The monoisotopic (exact) mass is 222 g/mol. The summed E-state index contributed by atoms with van der Waals surface area (Å²) in [5, 5.41) is 5.31. The van der Waals surface area contributed by atoms with Crippen LogP contribution in [-0.2, 0) is 0 Å². The third-order valence-corrected chi connectivity index (χ3v) is 3.11. The van der Waals surface area contributed by atoms with E-state index in [0.29, 0.717) is 0 Å². The van der Waals surface area contributed by atoms with Crippen LogP contribution in [0.5, 0.6) is 0 Å². The van der Waals surface area contributed by atoms with E-state index in [-0.39, 0.29) is 7.43 Å². The molecule has 0 spiro atoms. The predicted molar refractivity (Wildman–Crippen MR) is 77.7 cm³/mol. The zero-order chi connectivity index (χ0) is 11.1. The minimum absolute atomic E-state index is 0. The van der Waals surface area contributed by atoms with E-state index in [9.17, 15) is 0 Å². The Hall–Kier alpha value is -1.82. The van der Waals surface area contributed by atoms with Gasteiger partial charge in [0.25, 0.3) is 0 Å². The Bertz CT molecular complexity index is 616. The molecule has 0 unspecified atom stereocenters. The summed E-state index contributed by atoms with van der Waals surface area (Å²) in [5.74, 6) is 0. The largest absolute Gasteiger partial charge is 0.0776 e. The summed E-state index contributed by atoms with van der Waals surface area (Å²) >= 11 is 0. The Labute approximate surface area is 103 Å². The lowest BCUT2D eigenvalue weighted by Crippen LogP contribution is -1.79. The first-order valence-electron chi connectivity index (χ1n) is 5.63. The SMILES string of the molecule is C.Cc1ccc2cc3cc(C)ccc3cc2c1. The van der Waals surface area contributed by atoms with Gasteiger partial charge in [0.15, 0.2) is 0 Å². The Kier molecular flexibility index (Phi) is 2.89. The van der Waals surface area contributed by atoms with Crippen LogP contribution in [0.3, 0.4) is 0 Å². The van der Waals surface area contributed by atoms with Gasteiger partial charge < -0.3 is 0 Å². The molecule has 0 heteroatoms. The smallest absolute Gasteiger partial charge is 0.0175 e. The van der Waals surface area contributed by atoms with Crippen LogP contribution in [0.2, 0.25) is 0 Å². The van der Waals surface area contributed by atoms with Gasteiger partial charge >= 0.3 is 0 Å². The van der Waals surface area contributed by atoms with Crippen molar-refractivity contribution in [2.75, 3.05) is 0 Å². The first kappa shape index (κ1) is 11.7. The van der Waals surface area contributed by atoms with Gasteiger partial charge in [0.1, 0.15) is 0 Å². The molecule has 86 valence electrons. The number of rotatable bonds is 0. The number of hydrogen-bond acceptors (Lipinski definition) is 0. The van der Waals surface area contributed by atoms with Crippen molar-refractivity contribution in [3.8, 4) is 0 Å². The second kappa shape index (κ2) is 4.21. The molecule has 0 heterocycles. The molecule has 0 aliphatic heterocycles. The number of aryl methyl sites for hydroxylation is 2. The molecule has 3 aromatic rings. The fraction of sp³-hybridized carbons (Fsp3) is 0.176. The zero-order valence-corrected chi connectivity index (χ0v) is 9.62. The van der Waals surface area contributed by atoms with E-state index in [1.165, 1.54) is 32.7 Å². The lowest BCUT2D eigenvalue weighted by atomic mass is 10.0. The molecule has 0 bridgehead atoms. The van der Waals surface area contributed by atoms with Gasteiger partial charge in [0.05, 0.1) is 0 Å². The Morgan fingerprint density at radius 3 is 1.35 bits per heavy atom. The minimum Gasteiger partial charge on any atom is -0.0776 e. The van der Waals surface area contributed by atoms with E-state index in [2.05, 4.69) is 62.4 Å². The summed E-state index contributed by atoms with van der Waals surface area (Å²) in [6.45, 7) is 4.28. The van der Waals surface area contributed by atoms with Crippen molar-refractivity contribution in [2.24, 2.45) is 0 Å². The average Bonchev–Trinajstić information content (AvgIpc) is 2.26. The molecule has 0 saturated heterocycles. The fourth-order valence-electron chi connectivity index (χ4n) is 2.24. The third-order valence-electron chi connectivity index (χ3n) is 3.11. The quantitative estimate of drug-likeness (QED) is 0.456. The summed E-state index contributed by atoms with van der Waals surface area (Å²) in [5.41, 5.74) is 2.64. The number of hydrogen-bond donors (Lipinski definition) is 0. The van der Waals surface area contributed by atoms with E-state index in [4.69, 9.17) is 0 Å². The van der Waals surface area contributed by atoms with Gasteiger partial charge in [-0.2, -0.15) is 0 Å². The Morgan fingerprint density at radius 1 is 0.529 bits per heavy atom. The molecule has 0 N–H and O–H groups in total. The highest BCUT2D eigenvalue weighted by molar-refractivity contribution is 5.98. The molecule has 0 saturated carbocycles. The lowest BCUT2D eigenvalue weighted by molar-refractivity contribution is 1.50. The van der Waals surface area contributed by atoms with Crippen LogP contribution in [0.25, 0.3) is 21.5 Å². The van der Waals surface area contributed by atoms with Crippen LogP contribution >= 0.6 is 0 Å². The average molecular weight is 222 g/mol. The molecule has 0 amide bonds. The molecule has 3 aromatic carbocycles. The van der Waals surface area contributed by atoms with Crippen LogP contribution in [0.1, 0.15) is 18.6 Å². The molecule has 0 aliphatic rings. The van der Waals surface area contributed by atoms with Gasteiger partial charge in [-0.3, -0.25) is 0 Å². The van der Waals surface area contributed by atoms with Crippen molar-refractivity contribution >= 4 is 21.5 Å². The second-order valence-electron chi connectivity index (χ2n) is 4.55. The van der Waals surface area contributed by atoms with Gasteiger partial charge in [-0.1, -0.05) is 55.0 Å². The van der Waals surface area contributed by atoms with Crippen molar-refractivity contribution < 1.29 is 0 Å². The molecule has 0 atom stereocenters. The zero-order valence-electron chi connectivity index (χ0n) is 9.62. The summed E-state index contributed by atoms with van der Waals surface area (Å²) in [4.78, 5) is 0. The van der Waals surface area contributed by atoms with Crippen molar-refractivity contribution in [1.82, 2.24) is 0 Å². The molecule has 0 fully saturated rings. The van der Waals surface area contributed by atoms with Crippen molar-refractivity contribution in [3.63, 3.8) is 0 Å². The highest BCUT2D eigenvalue weighted by Crippen LogP contribution is 2.24. The van der Waals surface area contributed by atoms with Gasteiger partial charge in [-0.15, -0.1) is 0 Å². The summed E-state index contributed by atoms with van der Waals surface area (Å²) in [6.07, 6.45) is 0. The Balaban J connectivity index is 0.00000108. The highest BCUT2D eigenvalue weighted by Gasteiger charge is 1.98. The van der Waals surface area contributed by atoms with E-state index in [0.717, 1.165) is 0 Å². The highest BCUT2D eigenvalue weighted by atomic mass is 14.0. The maximum atomic E-state index is 2.27. The van der Waals surface area contributed by atoms with Gasteiger partial charge in [0.2, 0.25) is 0 Å². The standard InChI is InChI=1S/C16H14.CH4/c1-11-3-5-13-10-16-8-12(2)4-6-14(16)9-15(13)7-11;/h3-10H,1-2H3;1H4. The van der Waals surface area contributed by atoms with E-state index in [1.54, 1.807) is 0 Å². The van der Waals surface area contributed by atoms with E-state index >= 15 is 0 Å². The van der Waals surface area contributed by atoms with Gasteiger partial charge in [0, 0.05) is 0 Å². The van der Waals surface area contributed by atoms with Crippen molar-refractivity contribution in [1.29, 1.82) is 0 Å². The van der Waals surface area contributed by atoms with Crippen molar-refractivity contribution in [3.05, 3.63) is 59.7 Å². The molecule has 0 nitrogen and oxygen atoms in total. The van der Waals surface area contributed by atoms with Crippen molar-refractivity contribution in [2.45, 2.75) is 21.3 Å². The topological polar surface area (TPSA) is 0 Å². The molecular weight excluding hydrogens is 204 g/mol. The molecule has 0 aliphatic carbocycles. The van der Waals surface area contributed by atoms with E-state index in [1.807, 2.05) is 0 Å². The number of benzene rings is 3. The summed E-state index contributed by atoms with van der Waals surface area (Å²) in [7, 11) is 0. The first-order valence-corrected chi connectivity index (χ1v) is 5.63. The van der Waals surface area contributed by atoms with Crippen LogP contribution in [0, 0.1) is 13.8 Å². The lowest BCUT2D eigenvalue weighted by Gasteiger charge is -2.04. The van der Waals surface area contributed by atoms with Crippen LogP contribution in [0.15, 0.2) is 48.5 Å². The van der Waals surface area contributed by atoms with E-state index < -0.39 is 0 Å².